The number of amides is 1. The van der Waals surface area contributed by atoms with Gasteiger partial charge in [0.05, 0.1) is 23.8 Å². The summed E-state index contributed by atoms with van der Waals surface area (Å²) in [5, 5.41) is 10.6. The van der Waals surface area contributed by atoms with Gasteiger partial charge in [-0.2, -0.15) is 5.01 Å². The average molecular weight is 382 g/mol. The van der Waals surface area contributed by atoms with Crippen LogP contribution in [0.15, 0.2) is 64.4 Å². The second-order valence-corrected chi connectivity index (χ2v) is 5.77. The lowest BCUT2D eigenvalue weighted by Crippen LogP contribution is -2.14. The third-order valence-corrected chi connectivity index (χ3v) is 3.78. The van der Waals surface area contributed by atoms with Gasteiger partial charge in [-0.15, -0.1) is 4.91 Å². The van der Waals surface area contributed by atoms with E-state index in [4.69, 9.17) is 14.0 Å². The van der Waals surface area contributed by atoms with Crippen molar-refractivity contribution in [2.24, 2.45) is 5.29 Å². The minimum absolute atomic E-state index is 0.00155. The van der Waals surface area contributed by atoms with Crippen LogP contribution in [-0.2, 0) is 11.3 Å². The fourth-order valence-electron chi connectivity index (χ4n) is 2.43. The van der Waals surface area contributed by atoms with Gasteiger partial charge in [-0.3, -0.25) is 5.32 Å². The predicted molar refractivity (Wildman–Crippen MR) is 102 cm³/mol. The van der Waals surface area contributed by atoms with E-state index < -0.39 is 6.09 Å². The molecule has 1 aromatic heterocycles. The molecule has 3 aromatic rings. The minimum Gasteiger partial charge on any atom is -0.497 e. The van der Waals surface area contributed by atoms with Crippen LogP contribution < -0.4 is 15.1 Å². The summed E-state index contributed by atoms with van der Waals surface area (Å²) < 4.78 is 15.1. The lowest BCUT2D eigenvalue weighted by Gasteiger charge is -2.16. The Balaban J connectivity index is 1.61. The highest BCUT2D eigenvalue weighted by Crippen LogP contribution is 2.28. The van der Waals surface area contributed by atoms with Crippen LogP contribution in [0.1, 0.15) is 11.5 Å². The van der Waals surface area contributed by atoms with E-state index >= 15 is 0 Å². The maximum atomic E-state index is 11.9. The molecule has 9 nitrogen and oxygen atoms in total. The molecule has 0 aliphatic heterocycles. The smallest absolute Gasteiger partial charge is 0.412 e. The normalized spacial score (nSPS) is 10.2. The van der Waals surface area contributed by atoms with Gasteiger partial charge in [-0.25, -0.2) is 4.79 Å². The molecule has 28 heavy (non-hydrogen) atoms. The summed E-state index contributed by atoms with van der Waals surface area (Å²) in [4.78, 5) is 23.2. The Morgan fingerprint density at radius 1 is 1.14 bits per heavy atom. The van der Waals surface area contributed by atoms with Crippen molar-refractivity contribution < 1.29 is 18.8 Å². The minimum atomic E-state index is -0.631. The SMILES string of the molecule is COc1ccc(N(N=O)c2ccc(NC(=O)OCc3cc(C)on3)cc2)cc1. The van der Waals surface area contributed by atoms with Crippen LogP contribution >= 0.6 is 0 Å². The second-order valence-electron chi connectivity index (χ2n) is 5.77. The van der Waals surface area contributed by atoms with Crippen molar-refractivity contribution in [3.63, 3.8) is 0 Å². The van der Waals surface area contributed by atoms with Crippen molar-refractivity contribution in [3.8, 4) is 5.75 Å². The number of anilines is 3. The van der Waals surface area contributed by atoms with E-state index in [2.05, 4.69) is 15.8 Å². The van der Waals surface area contributed by atoms with Crippen LogP contribution in [0.3, 0.4) is 0 Å². The number of nitrogens with zero attached hydrogens (tertiary/aromatic N) is 3. The highest BCUT2D eigenvalue weighted by Gasteiger charge is 2.11. The maximum Gasteiger partial charge on any atom is 0.412 e. The van der Waals surface area contributed by atoms with Crippen LogP contribution in [0.4, 0.5) is 21.9 Å². The number of hydrogen-bond acceptors (Lipinski definition) is 7. The summed E-state index contributed by atoms with van der Waals surface area (Å²) in [6, 6.07) is 15.2. The third-order valence-electron chi connectivity index (χ3n) is 3.78. The Kier molecular flexibility index (Phi) is 5.85. The fraction of sp³-hybridized carbons (Fsp3) is 0.158. The van der Waals surface area contributed by atoms with Crippen molar-refractivity contribution in [1.82, 2.24) is 5.16 Å². The molecule has 0 spiro atoms. The van der Waals surface area contributed by atoms with Gasteiger partial charge < -0.3 is 14.0 Å². The van der Waals surface area contributed by atoms with Gasteiger partial charge in [-0.05, 0) is 55.5 Å². The molecule has 0 fully saturated rings. The summed E-state index contributed by atoms with van der Waals surface area (Å²) in [6.07, 6.45) is -0.631. The zero-order valence-corrected chi connectivity index (χ0v) is 15.3. The summed E-state index contributed by atoms with van der Waals surface area (Å²) in [7, 11) is 1.56. The first-order chi connectivity index (χ1) is 13.6. The van der Waals surface area contributed by atoms with Crippen LogP contribution in [0.5, 0.6) is 5.75 Å². The Morgan fingerprint density at radius 3 is 2.32 bits per heavy atom. The van der Waals surface area contributed by atoms with E-state index in [0.717, 1.165) is 0 Å². The lowest BCUT2D eigenvalue weighted by molar-refractivity contribution is 0.152. The molecule has 0 radical (unpaired) electrons. The largest absolute Gasteiger partial charge is 0.497 e. The number of rotatable bonds is 7. The molecule has 3 rings (SSSR count). The topological polar surface area (TPSA) is 106 Å². The van der Waals surface area contributed by atoms with Gasteiger partial charge in [0.2, 0.25) is 0 Å². The quantitative estimate of drug-likeness (QED) is 0.471. The number of nitrogens with one attached hydrogen (secondary N) is 1. The molecule has 2 aromatic carbocycles. The number of nitroso groups, excluding NO2 is 1. The predicted octanol–water partition coefficient (Wildman–Crippen LogP) is 4.56. The zero-order chi connectivity index (χ0) is 19.9. The number of aryl methyl sites for hydroxylation is 1. The summed E-state index contributed by atoms with van der Waals surface area (Å²) in [5.41, 5.74) is 2.15. The molecule has 0 bridgehead atoms. The highest BCUT2D eigenvalue weighted by atomic mass is 16.6. The summed E-state index contributed by atoms with van der Waals surface area (Å²) in [5.74, 6) is 1.31. The monoisotopic (exact) mass is 382 g/mol. The van der Waals surface area contributed by atoms with Crippen molar-refractivity contribution in [3.05, 3.63) is 71.0 Å². The Morgan fingerprint density at radius 2 is 1.79 bits per heavy atom. The standard InChI is InChI=1S/C19H18N4O5/c1-13-11-15(21-28-13)12-27-19(24)20-14-3-5-16(6-4-14)23(22-25)17-7-9-18(26-2)10-8-17/h3-11H,12H2,1-2H3,(H,20,24). The van der Waals surface area contributed by atoms with Crippen molar-refractivity contribution in [2.75, 3.05) is 17.4 Å². The molecule has 0 unspecified atom stereocenters. The Hall–Kier alpha value is -3.88. The van der Waals surface area contributed by atoms with Crippen LogP contribution in [-0.4, -0.2) is 18.4 Å². The van der Waals surface area contributed by atoms with Crippen LogP contribution in [0, 0.1) is 11.8 Å². The summed E-state index contributed by atoms with van der Waals surface area (Å²) in [6.45, 7) is 1.75. The van der Waals surface area contributed by atoms with E-state index in [-0.39, 0.29) is 6.61 Å². The molecule has 1 N–H and O–H groups in total. The van der Waals surface area contributed by atoms with E-state index in [1.807, 2.05) is 0 Å². The van der Waals surface area contributed by atoms with Gasteiger partial charge in [0.1, 0.15) is 23.8 Å². The first-order valence-corrected chi connectivity index (χ1v) is 8.32. The number of aromatic nitrogens is 1. The highest BCUT2D eigenvalue weighted by molar-refractivity contribution is 5.85. The second kappa shape index (κ2) is 8.67. The number of methoxy groups -OCH3 is 1. The number of benzene rings is 2. The zero-order valence-electron chi connectivity index (χ0n) is 15.3. The molecule has 0 saturated carbocycles. The molecule has 9 heteroatoms. The maximum absolute atomic E-state index is 11.9. The van der Waals surface area contributed by atoms with Crippen LogP contribution in [0.25, 0.3) is 0 Å². The first-order valence-electron chi connectivity index (χ1n) is 8.32. The van der Waals surface area contributed by atoms with Gasteiger partial charge in [0.15, 0.2) is 0 Å². The van der Waals surface area contributed by atoms with E-state index in [0.29, 0.717) is 34.3 Å². The van der Waals surface area contributed by atoms with Gasteiger partial charge in [-0.1, -0.05) is 5.16 Å². The molecule has 0 saturated heterocycles. The van der Waals surface area contributed by atoms with Crippen molar-refractivity contribution in [2.45, 2.75) is 13.5 Å². The Bertz CT molecular complexity index is 938. The third kappa shape index (κ3) is 4.64. The molecule has 1 heterocycles. The first kappa shape index (κ1) is 18.9. The van der Waals surface area contributed by atoms with Gasteiger partial charge in [0, 0.05) is 11.8 Å². The number of ether oxygens (including phenoxy) is 2. The fourth-order valence-corrected chi connectivity index (χ4v) is 2.43. The number of carbonyl (C=O) groups excluding carboxylic acids is 1. The van der Waals surface area contributed by atoms with Gasteiger partial charge >= 0.3 is 6.09 Å². The van der Waals surface area contributed by atoms with Crippen molar-refractivity contribution in [1.29, 1.82) is 0 Å². The molecule has 1 amide bonds. The lowest BCUT2D eigenvalue weighted by atomic mass is 10.2. The molecule has 0 atom stereocenters. The molecular formula is C19H18N4O5. The summed E-state index contributed by atoms with van der Waals surface area (Å²) >= 11 is 0. The van der Waals surface area contributed by atoms with Gasteiger partial charge in [0.25, 0.3) is 0 Å². The molecule has 144 valence electrons. The van der Waals surface area contributed by atoms with Crippen molar-refractivity contribution >= 4 is 23.2 Å². The van der Waals surface area contributed by atoms with E-state index in [1.54, 1.807) is 68.6 Å². The molecule has 0 aliphatic rings. The number of carbonyl (C=O) groups is 1. The average Bonchev–Trinajstić information content (AvgIpc) is 3.14. The molecule has 0 aliphatic carbocycles. The molecular weight excluding hydrogens is 364 g/mol. The van der Waals surface area contributed by atoms with Crippen LogP contribution in [0.2, 0.25) is 0 Å². The Labute approximate surface area is 160 Å². The number of hydrogen-bond donors (Lipinski definition) is 1. The van der Waals surface area contributed by atoms with E-state index in [9.17, 15) is 9.70 Å². The van der Waals surface area contributed by atoms with E-state index in [1.165, 1.54) is 5.01 Å².